The van der Waals surface area contributed by atoms with Crippen LogP contribution in [0.3, 0.4) is 0 Å². The average molecular weight is 250 g/mol. The maximum absolute atomic E-state index is 11.3. The Labute approximate surface area is 102 Å². The van der Waals surface area contributed by atoms with Gasteiger partial charge in [-0.05, 0) is 35.5 Å². The summed E-state index contributed by atoms with van der Waals surface area (Å²) in [6.07, 6.45) is 1.61. The number of amides is 2. The molecule has 0 radical (unpaired) electrons. The highest BCUT2D eigenvalue weighted by atomic mass is 32.2. The number of nitrogen functional groups attached to an aromatic ring is 1. The molecular weight excluding hydrogens is 240 g/mol. The number of hydrogen-bond donors (Lipinski definition) is 2. The second-order valence-electron chi connectivity index (χ2n) is 3.35. The number of nitrogens with two attached hydrogens (primary N) is 1. The highest BCUT2D eigenvalue weighted by molar-refractivity contribution is 8.18. The van der Waals surface area contributed by atoms with Crippen molar-refractivity contribution < 1.29 is 14.3 Å². The molecule has 1 saturated heterocycles. The number of hydrogen-bond acceptors (Lipinski definition) is 5. The van der Waals surface area contributed by atoms with Gasteiger partial charge in [-0.15, -0.1) is 0 Å². The van der Waals surface area contributed by atoms with E-state index in [1.807, 2.05) is 0 Å². The van der Waals surface area contributed by atoms with E-state index in [2.05, 4.69) is 5.32 Å². The molecule has 88 valence electrons. The van der Waals surface area contributed by atoms with E-state index < -0.39 is 0 Å². The van der Waals surface area contributed by atoms with Crippen LogP contribution in [0.2, 0.25) is 0 Å². The molecule has 1 fully saturated rings. The number of benzene rings is 1. The molecule has 0 aliphatic carbocycles. The molecule has 0 bridgehead atoms. The molecule has 0 unspecified atom stereocenters. The van der Waals surface area contributed by atoms with Gasteiger partial charge in [-0.1, -0.05) is 6.07 Å². The maximum atomic E-state index is 11.3. The maximum Gasteiger partial charge on any atom is 0.290 e. The quantitative estimate of drug-likeness (QED) is 0.615. The molecule has 1 aliphatic heterocycles. The fourth-order valence-electron chi connectivity index (χ4n) is 1.42. The third-order valence-electron chi connectivity index (χ3n) is 2.19. The first-order chi connectivity index (χ1) is 8.10. The Balaban J connectivity index is 2.30. The average Bonchev–Trinajstić information content (AvgIpc) is 2.58. The van der Waals surface area contributed by atoms with Crippen LogP contribution in [0.15, 0.2) is 23.1 Å². The second-order valence-corrected chi connectivity index (χ2v) is 4.37. The largest absolute Gasteiger partial charge is 0.495 e. The summed E-state index contributed by atoms with van der Waals surface area (Å²) in [6.45, 7) is 0. The van der Waals surface area contributed by atoms with E-state index in [1.165, 1.54) is 7.11 Å². The fraction of sp³-hybridized carbons (Fsp3) is 0.0909. The van der Waals surface area contributed by atoms with Gasteiger partial charge in [-0.2, -0.15) is 0 Å². The summed E-state index contributed by atoms with van der Waals surface area (Å²) in [5.74, 6) is 0.196. The van der Waals surface area contributed by atoms with Crippen LogP contribution in [-0.4, -0.2) is 18.3 Å². The number of carbonyl (C=O) groups is 2. The van der Waals surface area contributed by atoms with Gasteiger partial charge in [-0.3, -0.25) is 14.9 Å². The molecule has 1 aromatic carbocycles. The number of ether oxygens (including phenoxy) is 1. The minimum Gasteiger partial charge on any atom is -0.495 e. The molecule has 2 rings (SSSR count). The van der Waals surface area contributed by atoms with Crippen molar-refractivity contribution in [1.29, 1.82) is 0 Å². The number of carbonyl (C=O) groups excluding carboxylic acids is 2. The van der Waals surface area contributed by atoms with Crippen molar-refractivity contribution in [3.63, 3.8) is 0 Å². The van der Waals surface area contributed by atoms with Gasteiger partial charge >= 0.3 is 0 Å². The molecule has 1 heterocycles. The van der Waals surface area contributed by atoms with Crippen molar-refractivity contribution in [2.24, 2.45) is 0 Å². The van der Waals surface area contributed by atoms with Gasteiger partial charge in [0, 0.05) is 0 Å². The number of imide groups is 1. The van der Waals surface area contributed by atoms with Gasteiger partial charge in [0.05, 0.1) is 17.7 Å². The Kier molecular flexibility index (Phi) is 3.06. The van der Waals surface area contributed by atoms with Crippen LogP contribution in [0.5, 0.6) is 5.75 Å². The lowest BCUT2D eigenvalue weighted by atomic mass is 10.1. The van der Waals surface area contributed by atoms with E-state index in [4.69, 9.17) is 10.5 Å². The van der Waals surface area contributed by atoms with Gasteiger partial charge in [-0.25, -0.2) is 0 Å². The van der Waals surface area contributed by atoms with E-state index >= 15 is 0 Å². The Morgan fingerprint density at radius 2 is 2.18 bits per heavy atom. The minimum absolute atomic E-state index is 0.359. The van der Waals surface area contributed by atoms with Gasteiger partial charge < -0.3 is 10.5 Å². The third-order valence-corrected chi connectivity index (χ3v) is 3.00. The summed E-state index contributed by atoms with van der Waals surface area (Å²) < 4.78 is 5.02. The van der Waals surface area contributed by atoms with Crippen molar-refractivity contribution in [3.05, 3.63) is 28.7 Å². The molecular formula is C11H10N2O3S. The van der Waals surface area contributed by atoms with Gasteiger partial charge in [0.2, 0.25) is 0 Å². The molecule has 0 atom stereocenters. The van der Waals surface area contributed by atoms with Crippen molar-refractivity contribution in [2.45, 2.75) is 0 Å². The summed E-state index contributed by atoms with van der Waals surface area (Å²) in [5.41, 5.74) is 6.97. The van der Waals surface area contributed by atoms with Crippen molar-refractivity contribution in [1.82, 2.24) is 5.32 Å². The van der Waals surface area contributed by atoms with E-state index in [1.54, 1.807) is 24.3 Å². The predicted molar refractivity (Wildman–Crippen MR) is 66.5 cm³/mol. The zero-order valence-electron chi connectivity index (χ0n) is 9.02. The molecule has 1 aromatic rings. The van der Waals surface area contributed by atoms with Gasteiger partial charge in [0.1, 0.15) is 5.75 Å². The number of methoxy groups -OCH3 is 1. The molecule has 17 heavy (non-hydrogen) atoms. The topological polar surface area (TPSA) is 81.4 Å². The number of nitrogens with one attached hydrogen (secondary N) is 1. The highest BCUT2D eigenvalue weighted by Gasteiger charge is 2.24. The highest BCUT2D eigenvalue weighted by Crippen LogP contribution is 2.28. The first-order valence-electron chi connectivity index (χ1n) is 4.78. The van der Waals surface area contributed by atoms with E-state index in [-0.39, 0.29) is 11.1 Å². The van der Waals surface area contributed by atoms with Crippen LogP contribution >= 0.6 is 11.8 Å². The zero-order valence-corrected chi connectivity index (χ0v) is 9.84. The Bertz CT molecular complexity index is 525. The first-order valence-corrected chi connectivity index (χ1v) is 5.60. The molecule has 0 saturated carbocycles. The summed E-state index contributed by atoms with van der Waals surface area (Å²) in [5, 5.41) is 1.83. The molecule has 1 aliphatic rings. The molecule has 6 heteroatoms. The smallest absolute Gasteiger partial charge is 0.290 e. The van der Waals surface area contributed by atoms with Gasteiger partial charge in [0.15, 0.2) is 0 Å². The van der Waals surface area contributed by atoms with Crippen molar-refractivity contribution in [2.75, 3.05) is 12.8 Å². The third kappa shape index (κ3) is 2.42. The first kappa shape index (κ1) is 11.5. The fourth-order valence-corrected chi connectivity index (χ4v) is 2.10. The van der Waals surface area contributed by atoms with E-state index in [0.717, 1.165) is 17.3 Å². The summed E-state index contributed by atoms with van der Waals surface area (Å²) >= 11 is 0.874. The standard InChI is InChI=1S/C11H10N2O3S/c1-16-8-3-2-6(4-7(8)12)5-9-10(14)13-11(15)17-9/h2-5H,12H2,1H3,(H,13,14,15)/b9-5+. The minimum atomic E-state index is -0.380. The number of anilines is 1. The normalized spacial score (nSPS) is 17.4. The van der Waals surface area contributed by atoms with Crippen molar-refractivity contribution >= 4 is 34.7 Å². The van der Waals surface area contributed by atoms with Crippen LogP contribution in [-0.2, 0) is 4.79 Å². The van der Waals surface area contributed by atoms with Crippen LogP contribution in [0.1, 0.15) is 5.56 Å². The van der Waals surface area contributed by atoms with Crippen LogP contribution in [0, 0.1) is 0 Å². The Morgan fingerprint density at radius 3 is 2.71 bits per heavy atom. The second kappa shape index (κ2) is 4.50. The Hall–Kier alpha value is -1.95. The summed E-state index contributed by atoms with van der Waals surface area (Å²) in [6, 6.07) is 5.16. The lowest BCUT2D eigenvalue weighted by molar-refractivity contribution is -0.115. The monoisotopic (exact) mass is 250 g/mol. The van der Waals surface area contributed by atoms with Crippen molar-refractivity contribution in [3.8, 4) is 5.75 Å². The van der Waals surface area contributed by atoms with E-state index in [9.17, 15) is 9.59 Å². The van der Waals surface area contributed by atoms with E-state index in [0.29, 0.717) is 16.3 Å². The van der Waals surface area contributed by atoms with Gasteiger partial charge in [0.25, 0.3) is 11.1 Å². The molecule has 0 spiro atoms. The SMILES string of the molecule is COc1ccc(/C=C2/SC(=O)NC2=O)cc1N. The molecule has 0 aromatic heterocycles. The molecule has 2 amide bonds. The predicted octanol–water partition coefficient (Wildman–Crippen LogP) is 1.60. The summed E-state index contributed by atoms with van der Waals surface area (Å²) in [7, 11) is 1.53. The summed E-state index contributed by atoms with van der Waals surface area (Å²) in [4.78, 5) is 22.6. The molecule has 3 N–H and O–H groups in total. The number of thioether (sulfide) groups is 1. The van der Waals surface area contributed by atoms with Crippen LogP contribution < -0.4 is 15.8 Å². The zero-order chi connectivity index (χ0) is 12.4. The van der Waals surface area contributed by atoms with Crippen LogP contribution in [0.25, 0.3) is 6.08 Å². The van der Waals surface area contributed by atoms with Crippen LogP contribution in [0.4, 0.5) is 10.5 Å². The lowest BCUT2D eigenvalue weighted by Crippen LogP contribution is -2.17. The number of rotatable bonds is 2. The Morgan fingerprint density at radius 1 is 1.41 bits per heavy atom. The lowest BCUT2D eigenvalue weighted by Gasteiger charge is -2.04. The molecule has 5 nitrogen and oxygen atoms in total.